The zero-order valence-electron chi connectivity index (χ0n) is 14.2. The molecule has 0 N–H and O–H groups in total. The summed E-state index contributed by atoms with van der Waals surface area (Å²) in [6.07, 6.45) is -3.12. The number of rotatable bonds is 6. The molecule has 1 aliphatic rings. The monoisotopic (exact) mass is 385 g/mol. The number of carbonyl (C=O) groups excluding carboxylic acids is 2. The van der Waals surface area contributed by atoms with Crippen LogP contribution in [-0.2, 0) is 9.59 Å². The second kappa shape index (κ2) is 9.23. The fourth-order valence-electron chi connectivity index (χ4n) is 2.71. The highest BCUT2D eigenvalue weighted by molar-refractivity contribution is 5.88. The second-order valence-corrected chi connectivity index (χ2v) is 6.09. The Labute approximate surface area is 147 Å². The lowest BCUT2D eigenvalue weighted by Crippen LogP contribution is -2.60. The van der Waals surface area contributed by atoms with Gasteiger partial charge in [0.2, 0.25) is 0 Å². The lowest BCUT2D eigenvalue weighted by molar-refractivity contribution is -0.221. The lowest BCUT2D eigenvalue weighted by Gasteiger charge is -2.41. The van der Waals surface area contributed by atoms with Crippen LogP contribution in [0.3, 0.4) is 0 Å². The number of amides is 1. The number of Topliss-reactive ketones (excluding diaryl/α,β-unsaturated/α-hetero) is 1. The average Bonchev–Trinajstić information content (AvgIpc) is 2.51. The first-order valence-electron chi connectivity index (χ1n) is 8.29. The zero-order valence-corrected chi connectivity index (χ0v) is 14.2. The van der Waals surface area contributed by atoms with Crippen molar-refractivity contribution >= 4 is 11.7 Å². The highest BCUT2D eigenvalue weighted by Crippen LogP contribution is 2.36. The summed E-state index contributed by atoms with van der Waals surface area (Å²) in [5.74, 6) is -3.42. The highest BCUT2D eigenvalue weighted by atomic mass is 19.4. The summed E-state index contributed by atoms with van der Waals surface area (Å²) >= 11 is 0. The number of unbranched alkanes of at least 4 members (excludes halogenated alkanes) is 3. The van der Waals surface area contributed by atoms with Crippen molar-refractivity contribution in [3.63, 3.8) is 0 Å². The van der Waals surface area contributed by atoms with Crippen molar-refractivity contribution in [2.45, 2.75) is 69.9 Å². The zero-order chi connectivity index (χ0) is 20.0. The molecule has 1 aliphatic heterocycles. The standard InChI is InChI=1S/C17H21F6NO2/c1-2-3-4-5-6-7-8-9-12-10-13(25)11-14(16(18,19)20)24(12)15(26)17(21,22)23/h6-9,12,14H,2-5,10-11H2,1H3/b7-6+,9-8+/t12-,14-/m1/s1. The summed E-state index contributed by atoms with van der Waals surface area (Å²) in [6.45, 7) is 2.02. The third-order valence-electron chi connectivity index (χ3n) is 3.96. The summed E-state index contributed by atoms with van der Waals surface area (Å²) in [6, 6.07) is -4.36. The third kappa shape index (κ3) is 6.49. The Balaban J connectivity index is 3.00. The van der Waals surface area contributed by atoms with E-state index in [2.05, 4.69) is 0 Å². The largest absolute Gasteiger partial charge is 0.471 e. The highest BCUT2D eigenvalue weighted by Gasteiger charge is 2.56. The number of likely N-dealkylation sites (tertiary alicyclic amines) is 1. The van der Waals surface area contributed by atoms with Crippen molar-refractivity contribution < 1.29 is 35.9 Å². The van der Waals surface area contributed by atoms with E-state index in [0.29, 0.717) is 0 Å². The lowest BCUT2D eigenvalue weighted by atomic mass is 9.93. The van der Waals surface area contributed by atoms with Crippen LogP contribution >= 0.6 is 0 Å². The van der Waals surface area contributed by atoms with Crippen LogP contribution in [0.5, 0.6) is 0 Å². The minimum absolute atomic E-state index is 0.261. The van der Waals surface area contributed by atoms with Gasteiger partial charge in [-0.1, -0.05) is 44.1 Å². The van der Waals surface area contributed by atoms with Gasteiger partial charge in [-0.25, -0.2) is 0 Å². The van der Waals surface area contributed by atoms with Gasteiger partial charge >= 0.3 is 18.3 Å². The molecule has 2 atom stereocenters. The van der Waals surface area contributed by atoms with Gasteiger partial charge in [-0.3, -0.25) is 9.59 Å². The topological polar surface area (TPSA) is 37.4 Å². The molecule has 0 aromatic heterocycles. The molecule has 0 aromatic carbocycles. The van der Waals surface area contributed by atoms with E-state index in [-0.39, 0.29) is 4.90 Å². The van der Waals surface area contributed by atoms with Crippen LogP contribution in [0.4, 0.5) is 26.3 Å². The Bertz CT molecular complexity index is 550. The summed E-state index contributed by atoms with van der Waals surface area (Å²) in [7, 11) is 0. The molecule has 1 amide bonds. The van der Waals surface area contributed by atoms with Crippen LogP contribution in [-0.4, -0.2) is 41.0 Å². The Morgan fingerprint density at radius 1 is 1.12 bits per heavy atom. The van der Waals surface area contributed by atoms with Crippen molar-refractivity contribution in [1.82, 2.24) is 4.90 Å². The SMILES string of the molecule is CCCCC/C=C/C=C/[C@@H]1CC(=O)C[C@H](C(F)(F)F)N1C(=O)C(F)(F)F. The third-order valence-corrected chi connectivity index (χ3v) is 3.96. The van der Waals surface area contributed by atoms with Crippen molar-refractivity contribution in [2.75, 3.05) is 0 Å². The van der Waals surface area contributed by atoms with Gasteiger partial charge in [0, 0.05) is 12.8 Å². The van der Waals surface area contributed by atoms with Gasteiger partial charge in [0.1, 0.15) is 11.8 Å². The molecule has 26 heavy (non-hydrogen) atoms. The number of halogens is 6. The van der Waals surface area contributed by atoms with Crippen molar-refractivity contribution in [3.8, 4) is 0 Å². The smallest absolute Gasteiger partial charge is 0.315 e. The van der Waals surface area contributed by atoms with E-state index in [0.717, 1.165) is 31.8 Å². The normalized spacial score (nSPS) is 22.6. The number of carbonyl (C=O) groups is 2. The Morgan fingerprint density at radius 2 is 1.77 bits per heavy atom. The molecule has 0 unspecified atom stereocenters. The van der Waals surface area contributed by atoms with Gasteiger partial charge in [-0.15, -0.1) is 0 Å². The van der Waals surface area contributed by atoms with Crippen LogP contribution in [0.15, 0.2) is 24.3 Å². The Hall–Kier alpha value is -1.80. The minimum Gasteiger partial charge on any atom is -0.315 e. The predicted molar refractivity (Wildman–Crippen MR) is 83.2 cm³/mol. The van der Waals surface area contributed by atoms with Gasteiger partial charge in [-0.2, -0.15) is 26.3 Å². The molecule has 0 spiro atoms. The molecule has 9 heteroatoms. The first-order valence-corrected chi connectivity index (χ1v) is 8.29. The quantitative estimate of drug-likeness (QED) is 0.377. The molecular weight excluding hydrogens is 364 g/mol. The molecule has 0 aromatic rings. The maximum atomic E-state index is 13.1. The fraction of sp³-hybridized carbons (Fsp3) is 0.647. The molecule has 1 fully saturated rings. The van der Waals surface area contributed by atoms with Crippen LogP contribution in [0.1, 0.15) is 45.4 Å². The number of hydrogen-bond donors (Lipinski definition) is 0. The molecule has 148 valence electrons. The van der Waals surface area contributed by atoms with Crippen LogP contribution in [0.2, 0.25) is 0 Å². The van der Waals surface area contributed by atoms with Crippen molar-refractivity contribution in [3.05, 3.63) is 24.3 Å². The van der Waals surface area contributed by atoms with Crippen LogP contribution in [0, 0.1) is 0 Å². The van der Waals surface area contributed by atoms with E-state index in [1.54, 1.807) is 6.08 Å². The summed E-state index contributed by atoms with van der Waals surface area (Å²) in [5, 5.41) is 0. The minimum atomic E-state index is -5.45. The van der Waals surface area contributed by atoms with E-state index >= 15 is 0 Å². The molecule has 1 rings (SSSR count). The van der Waals surface area contributed by atoms with Gasteiger partial charge in [0.25, 0.3) is 0 Å². The van der Waals surface area contributed by atoms with Crippen LogP contribution < -0.4 is 0 Å². The Morgan fingerprint density at radius 3 is 2.31 bits per heavy atom. The number of hydrogen-bond acceptors (Lipinski definition) is 2. The first-order chi connectivity index (χ1) is 12.0. The maximum absolute atomic E-state index is 13.1. The van der Waals surface area contributed by atoms with Gasteiger partial charge in [0.05, 0.1) is 6.04 Å². The number of allylic oxidation sites excluding steroid dienone is 3. The predicted octanol–water partition coefficient (Wildman–Crippen LogP) is 4.73. The summed E-state index contributed by atoms with van der Waals surface area (Å²) in [4.78, 5) is 22.9. The molecule has 3 nitrogen and oxygen atoms in total. The van der Waals surface area contributed by atoms with Crippen LogP contribution in [0.25, 0.3) is 0 Å². The summed E-state index contributed by atoms with van der Waals surface area (Å²) < 4.78 is 77.5. The number of ketones is 1. The average molecular weight is 385 g/mol. The van der Waals surface area contributed by atoms with E-state index in [4.69, 9.17) is 0 Å². The second-order valence-electron chi connectivity index (χ2n) is 6.09. The Kier molecular flexibility index (Phi) is 7.89. The number of alkyl halides is 6. The molecule has 1 saturated heterocycles. The maximum Gasteiger partial charge on any atom is 0.471 e. The van der Waals surface area contributed by atoms with E-state index in [1.807, 2.05) is 6.92 Å². The fourth-order valence-corrected chi connectivity index (χ4v) is 2.71. The van der Waals surface area contributed by atoms with Gasteiger partial charge in [-0.05, 0) is 12.8 Å². The molecule has 0 bridgehead atoms. The molecule has 1 heterocycles. The van der Waals surface area contributed by atoms with E-state index in [9.17, 15) is 35.9 Å². The van der Waals surface area contributed by atoms with Crippen molar-refractivity contribution in [1.29, 1.82) is 0 Å². The van der Waals surface area contributed by atoms with E-state index in [1.165, 1.54) is 12.2 Å². The molecule has 0 saturated carbocycles. The summed E-state index contributed by atoms with van der Waals surface area (Å²) in [5.41, 5.74) is 0. The van der Waals surface area contributed by atoms with Gasteiger partial charge in [0.15, 0.2) is 0 Å². The van der Waals surface area contributed by atoms with Gasteiger partial charge < -0.3 is 4.90 Å². The first kappa shape index (κ1) is 22.2. The molecular formula is C17H21F6NO2. The molecule has 0 aliphatic carbocycles. The number of piperidine rings is 1. The van der Waals surface area contributed by atoms with E-state index < -0.39 is 49.0 Å². The van der Waals surface area contributed by atoms with Crippen molar-refractivity contribution in [2.24, 2.45) is 0 Å². The molecule has 0 radical (unpaired) electrons. The number of nitrogens with zero attached hydrogens (tertiary/aromatic N) is 1.